The highest BCUT2D eigenvalue weighted by Crippen LogP contribution is 2.66. The second-order valence-corrected chi connectivity index (χ2v) is 11.4. The number of hydrogen-bond acceptors (Lipinski definition) is 3. The van der Waals surface area contributed by atoms with Crippen molar-refractivity contribution < 1.29 is 19.0 Å². The van der Waals surface area contributed by atoms with Crippen molar-refractivity contribution in [3.63, 3.8) is 0 Å². The minimum absolute atomic E-state index is 0.101. The first-order valence-electron chi connectivity index (χ1n) is 12.3. The standard InChI is InChI=1S/C30H30FNO3/c1-16-7-5-6-8-19(16)21-13-29(2,3)22-12-25(31)18(9-20(21)22)15-35-26-11-17-10-23-27(28(33)34)30(23,4)24(17)14-32-26/h5-9,11-12,14,21,23,27H,10,13,15H2,1-4H3,(H,33,34)/t21?,23-,27+,30+/m0/s1. The molecular formula is C30H30FNO3. The maximum atomic E-state index is 15.2. The number of ether oxygens (including phenoxy) is 1. The van der Waals surface area contributed by atoms with Crippen molar-refractivity contribution in [2.75, 3.05) is 0 Å². The molecule has 1 fully saturated rings. The van der Waals surface area contributed by atoms with Crippen molar-refractivity contribution >= 4 is 5.97 Å². The van der Waals surface area contributed by atoms with Crippen molar-refractivity contribution in [2.45, 2.75) is 63.9 Å². The molecule has 4 atom stereocenters. The molecule has 2 aromatic carbocycles. The molecule has 4 nitrogen and oxygen atoms in total. The molecule has 180 valence electrons. The van der Waals surface area contributed by atoms with Crippen molar-refractivity contribution in [3.05, 3.63) is 93.4 Å². The SMILES string of the molecule is Cc1ccccc1C1CC(C)(C)c2cc(F)c(COc3cc4c(cn3)[C@@]3(C)[C@@H](C4)[C@@H]3C(=O)O)cc21. The van der Waals surface area contributed by atoms with Gasteiger partial charge in [0.1, 0.15) is 12.4 Å². The number of nitrogens with zero attached hydrogens (tertiary/aromatic N) is 1. The Morgan fingerprint density at radius 1 is 1.14 bits per heavy atom. The summed E-state index contributed by atoms with van der Waals surface area (Å²) in [6, 6.07) is 14.0. The van der Waals surface area contributed by atoms with E-state index in [1.54, 1.807) is 12.3 Å². The molecule has 0 amide bonds. The van der Waals surface area contributed by atoms with Gasteiger partial charge in [0.2, 0.25) is 5.88 Å². The van der Waals surface area contributed by atoms with Crippen LogP contribution in [0.15, 0.2) is 48.7 Å². The van der Waals surface area contributed by atoms with Gasteiger partial charge in [-0.1, -0.05) is 45.0 Å². The first-order valence-corrected chi connectivity index (χ1v) is 12.3. The number of fused-ring (bicyclic) bond motifs is 4. The molecule has 1 N–H and O–H groups in total. The molecule has 3 aromatic rings. The van der Waals surface area contributed by atoms with Gasteiger partial charge in [0.15, 0.2) is 0 Å². The third kappa shape index (κ3) is 3.24. The van der Waals surface area contributed by atoms with Crippen LogP contribution in [-0.4, -0.2) is 16.1 Å². The monoisotopic (exact) mass is 471 g/mol. The topological polar surface area (TPSA) is 59.4 Å². The summed E-state index contributed by atoms with van der Waals surface area (Å²) in [7, 11) is 0. The molecule has 0 bridgehead atoms. The molecular weight excluding hydrogens is 441 g/mol. The summed E-state index contributed by atoms with van der Waals surface area (Å²) >= 11 is 0. The van der Waals surface area contributed by atoms with E-state index >= 15 is 4.39 Å². The van der Waals surface area contributed by atoms with Crippen LogP contribution >= 0.6 is 0 Å². The molecule has 0 radical (unpaired) electrons. The van der Waals surface area contributed by atoms with E-state index in [0.29, 0.717) is 11.4 Å². The summed E-state index contributed by atoms with van der Waals surface area (Å²) in [6.45, 7) is 8.62. The third-order valence-electron chi connectivity index (χ3n) is 8.94. The first kappa shape index (κ1) is 22.3. The minimum atomic E-state index is -0.734. The van der Waals surface area contributed by atoms with Gasteiger partial charge >= 0.3 is 5.97 Å². The van der Waals surface area contributed by atoms with Gasteiger partial charge in [0, 0.05) is 29.2 Å². The van der Waals surface area contributed by atoms with Gasteiger partial charge in [-0.3, -0.25) is 4.79 Å². The van der Waals surface area contributed by atoms with E-state index in [4.69, 9.17) is 4.74 Å². The maximum absolute atomic E-state index is 15.2. The molecule has 5 heteroatoms. The van der Waals surface area contributed by atoms with E-state index in [-0.39, 0.29) is 41.0 Å². The fourth-order valence-corrected chi connectivity index (χ4v) is 6.93. The second-order valence-electron chi connectivity index (χ2n) is 11.4. The number of carbonyl (C=O) groups is 1. The Kier molecular flexibility index (Phi) is 4.70. The number of rotatable bonds is 5. The van der Waals surface area contributed by atoms with E-state index in [1.807, 2.05) is 19.1 Å². The summed E-state index contributed by atoms with van der Waals surface area (Å²) < 4.78 is 21.2. The molecule has 35 heavy (non-hydrogen) atoms. The number of halogens is 1. The number of benzene rings is 2. The predicted molar refractivity (Wildman–Crippen MR) is 131 cm³/mol. The van der Waals surface area contributed by atoms with Crippen LogP contribution in [-0.2, 0) is 28.7 Å². The smallest absolute Gasteiger partial charge is 0.307 e. The van der Waals surface area contributed by atoms with Crippen LogP contribution in [0.2, 0.25) is 0 Å². The quantitative estimate of drug-likeness (QED) is 0.491. The van der Waals surface area contributed by atoms with Gasteiger partial charge < -0.3 is 9.84 Å². The molecule has 3 aliphatic rings. The Labute approximate surface area is 205 Å². The number of aryl methyl sites for hydroxylation is 1. The van der Waals surface area contributed by atoms with Gasteiger partial charge in [-0.05, 0) is 76.6 Å². The van der Waals surface area contributed by atoms with Gasteiger partial charge in [0.25, 0.3) is 0 Å². The van der Waals surface area contributed by atoms with E-state index in [9.17, 15) is 9.90 Å². The Hall–Kier alpha value is -3.21. The van der Waals surface area contributed by atoms with Gasteiger partial charge in [-0.25, -0.2) is 9.37 Å². The summed E-state index contributed by atoms with van der Waals surface area (Å²) in [5.74, 6) is -0.494. The lowest BCUT2D eigenvalue weighted by Gasteiger charge is -2.20. The van der Waals surface area contributed by atoms with Gasteiger partial charge in [-0.15, -0.1) is 0 Å². The van der Waals surface area contributed by atoms with Crippen molar-refractivity contribution in [2.24, 2.45) is 11.8 Å². The molecule has 0 saturated heterocycles. The first-order chi connectivity index (χ1) is 16.6. The molecule has 1 aromatic heterocycles. The number of aliphatic carboxylic acids is 1. The van der Waals surface area contributed by atoms with E-state index in [0.717, 1.165) is 29.5 Å². The minimum Gasteiger partial charge on any atom is -0.481 e. The fourth-order valence-electron chi connectivity index (χ4n) is 6.93. The number of carboxylic acids is 1. The normalized spacial score (nSPS) is 27.2. The zero-order valence-corrected chi connectivity index (χ0v) is 20.6. The van der Waals surface area contributed by atoms with Gasteiger partial charge in [0.05, 0.1) is 5.92 Å². The molecule has 0 spiro atoms. The zero-order chi connectivity index (χ0) is 24.7. The highest BCUT2D eigenvalue weighted by atomic mass is 19.1. The molecule has 0 aliphatic heterocycles. The molecule has 1 saturated carbocycles. The summed E-state index contributed by atoms with van der Waals surface area (Å²) in [5.41, 5.74) is 7.01. The van der Waals surface area contributed by atoms with Gasteiger partial charge in [-0.2, -0.15) is 0 Å². The van der Waals surface area contributed by atoms with Crippen LogP contribution in [0.3, 0.4) is 0 Å². The lowest BCUT2D eigenvalue weighted by molar-refractivity contribution is -0.139. The molecule has 1 heterocycles. The number of pyridine rings is 1. The highest BCUT2D eigenvalue weighted by Gasteiger charge is 2.69. The Bertz CT molecular complexity index is 1380. The number of aromatic nitrogens is 1. The summed E-state index contributed by atoms with van der Waals surface area (Å²) in [6.07, 6.45) is 3.42. The van der Waals surface area contributed by atoms with Crippen LogP contribution < -0.4 is 4.74 Å². The van der Waals surface area contributed by atoms with E-state index in [2.05, 4.69) is 50.0 Å². The Balaban J connectivity index is 1.26. The van der Waals surface area contributed by atoms with Crippen molar-refractivity contribution in [3.8, 4) is 5.88 Å². The number of carboxylic acid groups (broad SMARTS) is 1. The number of hydrogen-bond donors (Lipinski definition) is 1. The lowest BCUT2D eigenvalue weighted by atomic mass is 9.84. The van der Waals surface area contributed by atoms with Crippen LogP contribution in [0.25, 0.3) is 0 Å². The average Bonchev–Trinajstić information content (AvgIpc) is 3.17. The molecule has 6 rings (SSSR count). The lowest BCUT2D eigenvalue weighted by Crippen LogP contribution is -2.13. The summed E-state index contributed by atoms with van der Waals surface area (Å²) in [4.78, 5) is 16.0. The maximum Gasteiger partial charge on any atom is 0.307 e. The Morgan fingerprint density at radius 3 is 2.66 bits per heavy atom. The largest absolute Gasteiger partial charge is 0.481 e. The van der Waals surface area contributed by atoms with Crippen LogP contribution in [0.1, 0.15) is 72.1 Å². The van der Waals surface area contributed by atoms with Crippen LogP contribution in [0.5, 0.6) is 5.88 Å². The van der Waals surface area contributed by atoms with Crippen LogP contribution in [0.4, 0.5) is 4.39 Å². The average molecular weight is 472 g/mol. The zero-order valence-electron chi connectivity index (χ0n) is 20.6. The van der Waals surface area contributed by atoms with E-state index in [1.165, 1.54) is 16.7 Å². The van der Waals surface area contributed by atoms with Crippen LogP contribution in [0, 0.1) is 24.6 Å². The van der Waals surface area contributed by atoms with E-state index < -0.39 is 5.97 Å². The van der Waals surface area contributed by atoms with Crippen molar-refractivity contribution in [1.82, 2.24) is 4.98 Å². The Morgan fingerprint density at radius 2 is 1.91 bits per heavy atom. The predicted octanol–water partition coefficient (Wildman–Crippen LogP) is 6.07. The molecule has 3 aliphatic carbocycles. The second kappa shape index (κ2) is 7.39. The molecule has 1 unspecified atom stereocenters. The van der Waals surface area contributed by atoms with Crippen molar-refractivity contribution in [1.29, 1.82) is 0 Å². The fraction of sp³-hybridized carbons (Fsp3) is 0.400. The third-order valence-corrected chi connectivity index (χ3v) is 8.94. The highest BCUT2D eigenvalue weighted by molar-refractivity contribution is 5.79. The summed E-state index contributed by atoms with van der Waals surface area (Å²) in [5, 5.41) is 9.47.